The van der Waals surface area contributed by atoms with Crippen LogP contribution >= 0.6 is 0 Å². The third kappa shape index (κ3) is 3.09. The predicted octanol–water partition coefficient (Wildman–Crippen LogP) is 0.428. The number of nitrogens with zero attached hydrogens (tertiary/aromatic N) is 2. The standard InChI is InChI=1S/C11H15N5O2S/c1-2-8-3-4-9(5-10(8)12)19(17,18)15-6-11-13-7-14-16-11/h3-5,7,15H,2,6,12H2,1H3,(H,13,14,16). The fourth-order valence-electron chi connectivity index (χ4n) is 1.62. The summed E-state index contributed by atoms with van der Waals surface area (Å²) in [5.74, 6) is 0.446. The summed E-state index contributed by atoms with van der Waals surface area (Å²) in [5, 5.41) is 6.22. The van der Waals surface area contributed by atoms with Crippen LogP contribution in [0.4, 0.5) is 5.69 Å². The number of hydrogen-bond donors (Lipinski definition) is 3. The van der Waals surface area contributed by atoms with E-state index >= 15 is 0 Å². The van der Waals surface area contributed by atoms with E-state index in [-0.39, 0.29) is 11.4 Å². The van der Waals surface area contributed by atoms with Crippen LogP contribution in [0.5, 0.6) is 0 Å². The number of nitrogens with one attached hydrogen (secondary N) is 2. The van der Waals surface area contributed by atoms with Gasteiger partial charge in [0.05, 0.1) is 11.4 Å². The van der Waals surface area contributed by atoms with Gasteiger partial charge in [0.15, 0.2) is 0 Å². The first kappa shape index (κ1) is 13.5. The maximum absolute atomic E-state index is 12.1. The van der Waals surface area contributed by atoms with Crippen molar-refractivity contribution in [3.63, 3.8) is 0 Å². The maximum atomic E-state index is 12.1. The van der Waals surface area contributed by atoms with Crippen molar-refractivity contribution in [3.8, 4) is 0 Å². The van der Waals surface area contributed by atoms with E-state index in [1.165, 1.54) is 18.5 Å². The van der Waals surface area contributed by atoms with Crippen LogP contribution in [0.15, 0.2) is 29.4 Å². The molecule has 0 spiro atoms. The average Bonchev–Trinajstić information content (AvgIpc) is 2.89. The second-order valence-corrected chi connectivity index (χ2v) is 5.74. The summed E-state index contributed by atoms with van der Waals surface area (Å²) in [7, 11) is -3.60. The lowest BCUT2D eigenvalue weighted by Crippen LogP contribution is -2.24. The number of nitrogen functional groups attached to an aromatic ring is 1. The molecule has 0 aliphatic carbocycles. The van der Waals surface area contributed by atoms with Crippen LogP contribution in [-0.2, 0) is 23.0 Å². The topological polar surface area (TPSA) is 114 Å². The molecule has 7 nitrogen and oxygen atoms in total. The zero-order valence-electron chi connectivity index (χ0n) is 10.4. The highest BCUT2D eigenvalue weighted by Crippen LogP contribution is 2.18. The molecule has 0 aliphatic heterocycles. The van der Waals surface area contributed by atoms with Gasteiger partial charge in [-0.15, -0.1) is 0 Å². The zero-order valence-corrected chi connectivity index (χ0v) is 11.2. The van der Waals surface area contributed by atoms with Crippen molar-refractivity contribution in [2.45, 2.75) is 24.8 Å². The molecule has 0 fully saturated rings. The fourth-order valence-corrected chi connectivity index (χ4v) is 2.65. The van der Waals surface area contributed by atoms with Crippen LogP contribution in [0, 0.1) is 0 Å². The van der Waals surface area contributed by atoms with Gasteiger partial charge in [0.2, 0.25) is 10.0 Å². The highest BCUT2D eigenvalue weighted by Gasteiger charge is 2.15. The number of hydrogen-bond acceptors (Lipinski definition) is 5. The largest absolute Gasteiger partial charge is 0.398 e. The second kappa shape index (κ2) is 5.37. The number of aromatic amines is 1. The van der Waals surface area contributed by atoms with Gasteiger partial charge < -0.3 is 5.73 Å². The zero-order chi connectivity index (χ0) is 13.9. The number of nitrogens with two attached hydrogens (primary N) is 1. The molecule has 1 aromatic carbocycles. The minimum absolute atomic E-state index is 0.0533. The molecular formula is C11H15N5O2S. The summed E-state index contributed by atoms with van der Waals surface area (Å²) in [6.45, 7) is 2.01. The average molecular weight is 281 g/mol. The minimum Gasteiger partial charge on any atom is -0.398 e. The predicted molar refractivity (Wildman–Crippen MR) is 70.6 cm³/mol. The SMILES string of the molecule is CCc1ccc(S(=O)(=O)NCc2ncn[nH]2)cc1N. The van der Waals surface area contributed by atoms with Crippen molar-refractivity contribution < 1.29 is 8.42 Å². The Morgan fingerprint density at radius 1 is 1.42 bits per heavy atom. The van der Waals surface area contributed by atoms with Gasteiger partial charge in [0, 0.05) is 5.69 Å². The number of sulfonamides is 1. The van der Waals surface area contributed by atoms with Crippen molar-refractivity contribution in [3.05, 3.63) is 35.9 Å². The van der Waals surface area contributed by atoms with Gasteiger partial charge in [-0.05, 0) is 24.1 Å². The maximum Gasteiger partial charge on any atom is 0.241 e. The highest BCUT2D eigenvalue weighted by atomic mass is 32.2. The van der Waals surface area contributed by atoms with E-state index in [0.717, 1.165) is 12.0 Å². The molecule has 8 heteroatoms. The molecule has 2 rings (SSSR count). The Hall–Kier alpha value is -1.93. The lowest BCUT2D eigenvalue weighted by atomic mass is 10.1. The van der Waals surface area contributed by atoms with Crippen molar-refractivity contribution in [1.29, 1.82) is 0 Å². The summed E-state index contributed by atoms with van der Waals surface area (Å²) in [5.41, 5.74) is 7.20. The molecular weight excluding hydrogens is 266 g/mol. The van der Waals surface area contributed by atoms with Crippen molar-refractivity contribution in [1.82, 2.24) is 19.9 Å². The smallest absolute Gasteiger partial charge is 0.241 e. The Morgan fingerprint density at radius 2 is 2.21 bits per heavy atom. The van der Waals surface area contributed by atoms with Gasteiger partial charge in [0.25, 0.3) is 0 Å². The third-order valence-electron chi connectivity index (χ3n) is 2.70. The van der Waals surface area contributed by atoms with Crippen LogP contribution in [0.3, 0.4) is 0 Å². The summed E-state index contributed by atoms with van der Waals surface area (Å²) in [4.78, 5) is 3.98. The van der Waals surface area contributed by atoms with E-state index in [9.17, 15) is 8.42 Å². The van der Waals surface area contributed by atoms with Crippen LogP contribution in [0.1, 0.15) is 18.3 Å². The van der Waals surface area contributed by atoms with Gasteiger partial charge in [-0.25, -0.2) is 18.1 Å². The molecule has 1 heterocycles. The van der Waals surface area contributed by atoms with Crippen molar-refractivity contribution >= 4 is 15.7 Å². The normalized spacial score (nSPS) is 11.6. The van der Waals surface area contributed by atoms with Crippen LogP contribution < -0.4 is 10.5 Å². The van der Waals surface area contributed by atoms with Gasteiger partial charge in [-0.1, -0.05) is 13.0 Å². The first-order valence-electron chi connectivity index (χ1n) is 5.75. The minimum atomic E-state index is -3.60. The molecule has 2 aromatic rings. The van der Waals surface area contributed by atoms with E-state index < -0.39 is 10.0 Å². The van der Waals surface area contributed by atoms with Crippen molar-refractivity contribution in [2.24, 2.45) is 0 Å². The highest BCUT2D eigenvalue weighted by molar-refractivity contribution is 7.89. The Labute approximate surface area is 111 Å². The van der Waals surface area contributed by atoms with Crippen LogP contribution in [0.2, 0.25) is 0 Å². The molecule has 0 radical (unpaired) electrons. The Bertz CT molecular complexity index is 652. The fraction of sp³-hybridized carbons (Fsp3) is 0.273. The number of benzene rings is 1. The summed E-state index contributed by atoms with van der Waals surface area (Å²) >= 11 is 0. The van der Waals surface area contributed by atoms with E-state index in [2.05, 4.69) is 19.9 Å². The number of anilines is 1. The molecule has 4 N–H and O–H groups in total. The lowest BCUT2D eigenvalue weighted by Gasteiger charge is -2.08. The van der Waals surface area contributed by atoms with Gasteiger partial charge >= 0.3 is 0 Å². The Balaban J connectivity index is 2.17. The first-order chi connectivity index (χ1) is 9.03. The molecule has 1 aromatic heterocycles. The number of aromatic nitrogens is 3. The van der Waals surface area contributed by atoms with Gasteiger partial charge in [-0.3, -0.25) is 5.10 Å². The quantitative estimate of drug-likeness (QED) is 0.688. The van der Waals surface area contributed by atoms with Gasteiger partial charge in [-0.2, -0.15) is 5.10 Å². The summed E-state index contributed by atoms with van der Waals surface area (Å²) in [6, 6.07) is 4.72. The van der Waals surface area contributed by atoms with E-state index in [1.807, 2.05) is 6.92 Å². The molecule has 0 atom stereocenters. The Morgan fingerprint density at radius 3 is 2.79 bits per heavy atom. The monoisotopic (exact) mass is 281 g/mol. The molecule has 0 saturated heterocycles. The molecule has 102 valence electrons. The second-order valence-electron chi connectivity index (χ2n) is 3.97. The molecule has 19 heavy (non-hydrogen) atoms. The van der Waals surface area contributed by atoms with E-state index in [1.54, 1.807) is 6.07 Å². The number of H-pyrrole nitrogens is 1. The molecule has 0 amide bonds. The van der Waals surface area contributed by atoms with Crippen LogP contribution in [-0.4, -0.2) is 23.6 Å². The summed E-state index contributed by atoms with van der Waals surface area (Å²) < 4.78 is 26.5. The molecule has 0 saturated carbocycles. The van der Waals surface area contributed by atoms with Gasteiger partial charge in [0.1, 0.15) is 12.2 Å². The molecule has 0 unspecified atom stereocenters. The van der Waals surface area contributed by atoms with Crippen LogP contribution in [0.25, 0.3) is 0 Å². The summed E-state index contributed by atoms with van der Waals surface area (Å²) in [6.07, 6.45) is 2.08. The lowest BCUT2D eigenvalue weighted by molar-refractivity contribution is 0.579. The van der Waals surface area contributed by atoms with E-state index in [0.29, 0.717) is 11.5 Å². The Kier molecular flexibility index (Phi) is 3.82. The molecule has 0 aliphatic rings. The molecule has 0 bridgehead atoms. The first-order valence-corrected chi connectivity index (χ1v) is 7.23. The number of rotatable bonds is 5. The third-order valence-corrected chi connectivity index (χ3v) is 4.10. The van der Waals surface area contributed by atoms with Crippen molar-refractivity contribution in [2.75, 3.05) is 5.73 Å². The van der Waals surface area contributed by atoms with E-state index in [4.69, 9.17) is 5.73 Å². The number of aryl methyl sites for hydroxylation is 1.